The van der Waals surface area contributed by atoms with E-state index in [0.29, 0.717) is 19.5 Å². The first-order valence-corrected chi connectivity index (χ1v) is 7.17. The van der Waals surface area contributed by atoms with Crippen LogP contribution in [0.4, 0.5) is 8.78 Å². The highest BCUT2D eigenvalue weighted by Gasteiger charge is 2.16. The van der Waals surface area contributed by atoms with Gasteiger partial charge in [-0.25, -0.2) is 0 Å². The lowest BCUT2D eigenvalue weighted by Gasteiger charge is -2.15. The third kappa shape index (κ3) is 5.30. The van der Waals surface area contributed by atoms with Crippen LogP contribution in [0.3, 0.4) is 0 Å². The minimum atomic E-state index is -2.80. The number of benzene rings is 1. The molecule has 1 aromatic carbocycles. The van der Waals surface area contributed by atoms with Crippen LogP contribution in [0, 0.1) is 0 Å². The Kier molecular flexibility index (Phi) is 5.92. The van der Waals surface area contributed by atoms with Crippen LogP contribution in [0.1, 0.15) is 24.8 Å². The fourth-order valence-corrected chi connectivity index (χ4v) is 2.34. The van der Waals surface area contributed by atoms with E-state index in [4.69, 9.17) is 0 Å². The van der Waals surface area contributed by atoms with E-state index in [1.165, 1.54) is 12.1 Å². The number of carbonyl (C=O) groups excluding carboxylic acids is 1. The van der Waals surface area contributed by atoms with Crippen molar-refractivity contribution in [3.8, 4) is 5.75 Å². The molecule has 0 atom stereocenters. The Labute approximate surface area is 123 Å². The van der Waals surface area contributed by atoms with E-state index in [1.807, 2.05) is 4.90 Å². The number of likely N-dealkylation sites (tertiary alicyclic amines) is 1. The van der Waals surface area contributed by atoms with Gasteiger partial charge < -0.3 is 15.0 Å². The van der Waals surface area contributed by atoms with Gasteiger partial charge in [-0.2, -0.15) is 8.78 Å². The summed E-state index contributed by atoms with van der Waals surface area (Å²) in [4.78, 5) is 13.7. The van der Waals surface area contributed by atoms with Crippen molar-refractivity contribution in [3.63, 3.8) is 0 Å². The Morgan fingerprint density at radius 1 is 1.24 bits per heavy atom. The van der Waals surface area contributed by atoms with Gasteiger partial charge in [0.2, 0.25) is 5.91 Å². The summed E-state index contributed by atoms with van der Waals surface area (Å²) in [5.41, 5.74) is 0.963. The Hall–Kier alpha value is -1.69. The molecule has 6 heteroatoms. The Bertz CT molecular complexity index is 445. The molecule has 1 aliphatic rings. The molecule has 1 saturated heterocycles. The number of hydrogen-bond donors (Lipinski definition) is 1. The summed E-state index contributed by atoms with van der Waals surface area (Å²) in [7, 11) is 0. The molecule has 1 fully saturated rings. The summed E-state index contributed by atoms with van der Waals surface area (Å²) in [6.45, 7) is 0.174. The van der Waals surface area contributed by atoms with Gasteiger partial charge in [0.25, 0.3) is 0 Å². The van der Waals surface area contributed by atoms with Crippen LogP contribution in [0.5, 0.6) is 5.75 Å². The van der Waals surface area contributed by atoms with Crippen molar-refractivity contribution < 1.29 is 18.3 Å². The van der Waals surface area contributed by atoms with E-state index in [-0.39, 0.29) is 11.7 Å². The maximum atomic E-state index is 12.0. The molecule has 0 bridgehead atoms. The number of rotatable bonds is 7. The summed E-state index contributed by atoms with van der Waals surface area (Å²) in [6.07, 6.45) is 2.70. The smallest absolute Gasteiger partial charge is 0.387 e. The van der Waals surface area contributed by atoms with E-state index < -0.39 is 6.61 Å². The molecule has 1 N–H and O–H groups in total. The number of nitrogens with one attached hydrogen (secondary N) is 1. The van der Waals surface area contributed by atoms with E-state index in [9.17, 15) is 13.6 Å². The zero-order chi connectivity index (χ0) is 15.1. The zero-order valence-corrected chi connectivity index (χ0v) is 11.9. The van der Waals surface area contributed by atoms with Crippen LogP contribution in [-0.2, 0) is 11.3 Å². The minimum absolute atomic E-state index is 0.151. The highest BCUT2D eigenvalue weighted by atomic mass is 19.3. The lowest BCUT2D eigenvalue weighted by atomic mass is 10.2. The number of alkyl halides is 2. The molecular formula is C15H20F2N2O2. The van der Waals surface area contributed by atoms with E-state index in [1.54, 1.807) is 12.1 Å². The summed E-state index contributed by atoms with van der Waals surface area (Å²) in [5.74, 6) is 0.346. The molecule has 0 aliphatic carbocycles. The first kappa shape index (κ1) is 15.7. The van der Waals surface area contributed by atoms with Crippen molar-refractivity contribution in [3.05, 3.63) is 29.8 Å². The van der Waals surface area contributed by atoms with Crippen LogP contribution in [-0.4, -0.2) is 37.1 Å². The lowest BCUT2D eigenvalue weighted by molar-refractivity contribution is -0.130. The van der Waals surface area contributed by atoms with Crippen LogP contribution in [0.15, 0.2) is 24.3 Å². The molecule has 0 radical (unpaired) electrons. The largest absolute Gasteiger partial charge is 0.435 e. The van der Waals surface area contributed by atoms with Gasteiger partial charge >= 0.3 is 6.61 Å². The molecule has 2 rings (SSSR count). The molecule has 0 saturated carbocycles. The molecule has 1 aromatic rings. The third-order valence-electron chi connectivity index (χ3n) is 3.45. The number of halogens is 2. The number of carbonyl (C=O) groups is 1. The number of nitrogens with zero attached hydrogens (tertiary/aromatic N) is 1. The highest BCUT2D eigenvalue weighted by molar-refractivity contribution is 5.76. The second-order valence-electron chi connectivity index (χ2n) is 5.04. The van der Waals surface area contributed by atoms with Crippen LogP contribution < -0.4 is 10.1 Å². The van der Waals surface area contributed by atoms with Crippen molar-refractivity contribution in [1.82, 2.24) is 10.2 Å². The monoisotopic (exact) mass is 298 g/mol. The summed E-state index contributed by atoms with van der Waals surface area (Å²) >= 11 is 0. The lowest BCUT2D eigenvalue weighted by Crippen LogP contribution is -2.30. The van der Waals surface area contributed by atoms with E-state index in [2.05, 4.69) is 10.1 Å². The van der Waals surface area contributed by atoms with Gasteiger partial charge in [-0.15, -0.1) is 0 Å². The third-order valence-corrected chi connectivity index (χ3v) is 3.45. The fraction of sp³-hybridized carbons (Fsp3) is 0.533. The van der Waals surface area contributed by atoms with Gasteiger partial charge in [0.05, 0.1) is 0 Å². The second-order valence-corrected chi connectivity index (χ2v) is 5.04. The molecule has 21 heavy (non-hydrogen) atoms. The molecule has 116 valence electrons. The number of amides is 1. The van der Waals surface area contributed by atoms with Crippen molar-refractivity contribution in [2.45, 2.75) is 32.4 Å². The molecule has 4 nitrogen and oxygen atoms in total. The predicted molar refractivity (Wildman–Crippen MR) is 75.2 cm³/mol. The van der Waals surface area contributed by atoms with Crippen molar-refractivity contribution in [2.24, 2.45) is 0 Å². The van der Waals surface area contributed by atoms with Gasteiger partial charge in [-0.1, -0.05) is 12.1 Å². The first-order chi connectivity index (χ1) is 10.1. The van der Waals surface area contributed by atoms with Crippen LogP contribution >= 0.6 is 0 Å². The van der Waals surface area contributed by atoms with Crippen molar-refractivity contribution in [2.75, 3.05) is 19.6 Å². The van der Waals surface area contributed by atoms with Gasteiger partial charge in [0.15, 0.2) is 0 Å². The normalized spacial score (nSPS) is 14.7. The SMILES string of the molecule is O=C(CCNCc1ccc(OC(F)F)cc1)N1CCCC1. The predicted octanol–water partition coefficient (Wildman–Crippen LogP) is 2.39. The molecule has 1 heterocycles. The average Bonchev–Trinajstić information content (AvgIpc) is 2.99. The van der Waals surface area contributed by atoms with Gasteiger partial charge in [0, 0.05) is 32.6 Å². The fourth-order valence-electron chi connectivity index (χ4n) is 2.34. The highest BCUT2D eigenvalue weighted by Crippen LogP contribution is 2.14. The molecule has 1 aliphatic heterocycles. The van der Waals surface area contributed by atoms with E-state index in [0.717, 1.165) is 31.5 Å². The standard InChI is InChI=1S/C15H20F2N2O2/c16-15(17)21-13-5-3-12(4-6-13)11-18-8-7-14(20)19-9-1-2-10-19/h3-6,15,18H,1-2,7-11H2. The molecule has 1 amide bonds. The van der Waals surface area contributed by atoms with Gasteiger partial charge in [-0.3, -0.25) is 4.79 Å². The number of ether oxygens (including phenoxy) is 1. The Morgan fingerprint density at radius 3 is 2.52 bits per heavy atom. The average molecular weight is 298 g/mol. The Balaban J connectivity index is 1.65. The summed E-state index contributed by atoms with van der Waals surface area (Å²) < 4.78 is 28.3. The van der Waals surface area contributed by atoms with Crippen LogP contribution in [0.2, 0.25) is 0 Å². The topological polar surface area (TPSA) is 41.6 Å². The minimum Gasteiger partial charge on any atom is -0.435 e. The van der Waals surface area contributed by atoms with Crippen molar-refractivity contribution in [1.29, 1.82) is 0 Å². The second kappa shape index (κ2) is 7.93. The van der Waals surface area contributed by atoms with E-state index >= 15 is 0 Å². The van der Waals surface area contributed by atoms with Gasteiger partial charge in [-0.05, 0) is 30.5 Å². The zero-order valence-electron chi connectivity index (χ0n) is 11.9. The van der Waals surface area contributed by atoms with Gasteiger partial charge in [0.1, 0.15) is 5.75 Å². The molecular weight excluding hydrogens is 278 g/mol. The Morgan fingerprint density at radius 2 is 1.90 bits per heavy atom. The first-order valence-electron chi connectivity index (χ1n) is 7.17. The van der Waals surface area contributed by atoms with Crippen molar-refractivity contribution >= 4 is 5.91 Å². The number of hydrogen-bond acceptors (Lipinski definition) is 3. The summed E-state index contributed by atoms with van der Waals surface area (Å²) in [6, 6.07) is 6.48. The quantitative estimate of drug-likeness (QED) is 0.786. The molecule has 0 unspecified atom stereocenters. The molecule has 0 spiro atoms. The maximum Gasteiger partial charge on any atom is 0.387 e. The maximum absolute atomic E-state index is 12.0. The summed E-state index contributed by atoms with van der Waals surface area (Å²) in [5, 5.41) is 3.18. The van der Waals surface area contributed by atoms with Crippen LogP contribution in [0.25, 0.3) is 0 Å². The molecule has 0 aromatic heterocycles.